The zero-order valence-corrected chi connectivity index (χ0v) is 79.2. The maximum absolute atomic E-state index is 14.8. The Morgan fingerprint density at radius 1 is 0.776 bits per heavy atom. The van der Waals surface area contributed by atoms with Crippen LogP contribution in [0.4, 0.5) is 23.7 Å². The number of cyclic esters (lactones) is 1. The summed E-state index contributed by atoms with van der Waals surface area (Å²) in [5.74, 6) is -6.78. The number of ether oxygens (including phenoxy) is 6. The van der Waals surface area contributed by atoms with Gasteiger partial charge in [-0.2, -0.15) is 10.1 Å². The monoisotopic (exact) mass is 1850 g/mol. The number of oxazole rings is 1. The highest BCUT2D eigenvalue weighted by molar-refractivity contribution is 6.39. The van der Waals surface area contributed by atoms with Crippen LogP contribution in [0.15, 0.2) is 125 Å². The number of Topliss-reactive ketones (excluding diaryl/α,β-unsaturated/α-hetero) is 2. The van der Waals surface area contributed by atoms with E-state index in [9.17, 15) is 49.2 Å². The molecule has 6 aliphatic rings. The second kappa shape index (κ2) is 46.5. The second-order valence-electron chi connectivity index (χ2n) is 37.4. The van der Waals surface area contributed by atoms with Crippen molar-refractivity contribution in [2.45, 2.75) is 231 Å². The molecule has 1 aliphatic carbocycles. The number of piperazine rings is 1. The number of nitrogens with zero attached hydrogens (tertiary/aromatic N) is 15. The van der Waals surface area contributed by atoms with E-state index in [4.69, 9.17) is 64.2 Å². The van der Waals surface area contributed by atoms with Crippen LogP contribution in [0.2, 0.25) is 0 Å². The van der Waals surface area contributed by atoms with Crippen molar-refractivity contribution in [1.82, 2.24) is 64.7 Å². The Bertz CT molecular complexity index is 5350. The van der Waals surface area contributed by atoms with Gasteiger partial charge in [0.1, 0.15) is 47.7 Å². The summed E-state index contributed by atoms with van der Waals surface area (Å²) in [7, 11) is 8.60. The highest BCUT2D eigenvalue weighted by Crippen LogP contribution is 2.40. The quantitative estimate of drug-likeness (QED) is 0.00875. The average molecular weight is 1850 g/mol. The van der Waals surface area contributed by atoms with Gasteiger partial charge in [-0.1, -0.05) is 94.4 Å². The topological polar surface area (TPSA) is 462 Å². The molecule has 1 saturated carbocycles. The van der Waals surface area contributed by atoms with Gasteiger partial charge in [0.15, 0.2) is 23.6 Å². The molecular formula is C98H134N18O18. The number of fused-ring (bicyclic) bond motifs is 6. The van der Waals surface area contributed by atoms with E-state index in [0.29, 0.717) is 173 Å². The molecule has 2 bridgehead atoms. The number of aryl methyl sites for hydroxylation is 1. The first-order chi connectivity index (χ1) is 64.4. The number of hydrogen-bond acceptors (Lipinski definition) is 32. The van der Waals surface area contributed by atoms with Crippen LogP contribution in [0.3, 0.4) is 0 Å². The predicted octanol–water partition coefficient (Wildman–Crippen LogP) is 8.70. The third-order valence-corrected chi connectivity index (χ3v) is 27.2. The van der Waals surface area contributed by atoms with Gasteiger partial charge in [0, 0.05) is 141 Å². The minimum atomic E-state index is -2.47. The zero-order valence-electron chi connectivity index (χ0n) is 79.2. The number of piperidine rings is 1. The Hall–Kier alpha value is -10.9. The van der Waals surface area contributed by atoms with E-state index in [0.717, 1.165) is 33.4 Å². The van der Waals surface area contributed by atoms with Crippen LogP contribution >= 0.6 is 0 Å². The van der Waals surface area contributed by atoms with E-state index in [-0.39, 0.29) is 130 Å². The molecule has 134 heavy (non-hydrogen) atoms. The van der Waals surface area contributed by atoms with Crippen LogP contribution in [-0.2, 0) is 83.2 Å². The molecule has 36 nitrogen and oxygen atoms in total. The van der Waals surface area contributed by atoms with Crippen molar-refractivity contribution in [1.29, 1.82) is 0 Å². The Morgan fingerprint density at radius 3 is 2.32 bits per heavy atom. The number of nitrogen functional groups attached to an aromatic ring is 2. The van der Waals surface area contributed by atoms with Crippen molar-refractivity contribution in [2.75, 3.05) is 122 Å². The molecule has 2 aromatic carbocycles. The summed E-state index contributed by atoms with van der Waals surface area (Å²) in [6, 6.07) is 10.6. The van der Waals surface area contributed by atoms with Crippen molar-refractivity contribution in [3.63, 3.8) is 0 Å². The lowest BCUT2D eigenvalue weighted by Gasteiger charge is -2.43. The highest BCUT2D eigenvalue weighted by Gasteiger charge is 2.53. The number of benzene rings is 2. The predicted molar refractivity (Wildman–Crippen MR) is 503 cm³/mol. The largest absolute Gasteiger partial charge is 0.460 e. The number of anilines is 4. The van der Waals surface area contributed by atoms with E-state index in [1.807, 2.05) is 93.0 Å². The normalized spacial score (nSPS) is 28.3. The van der Waals surface area contributed by atoms with Crippen LogP contribution in [0.5, 0.6) is 0 Å². The average Bonchev–Trinajstić information content (AvgIpc) is 1.54. The molecule has 5 aromatic heterocycles. The van der Waals surface area contributed by atoms with Gasteiger partial charge in [0.05, 0.1) is 79.4 Å². The molecule has 0 unspecified atom stereocenters. The van der Waals surface area contributed by atoms with Gasteiger partial charge in [-0.05, 0) is 174 Å². The zero-order chi connectivity index (χ0) is 95.6. The summed E-state index contributed by atoms with van der Waals surface area (Å²) in [6.07, 6.45) is 19.3. The molecule has 13 rings (SSSR count). The number of amides is 3. The number of nitrogens with one attached hydrogen (secondary N) is 1. The number of carbonyl (C=O) groups excluding carboxylic acids is 6. The number of rotatable bonds is 26. The summed E-state index contributed by atoms with van der Waals surface area (Å²) in [6.45, 7) is 17.1. The fourth-order valence-corrected chi connectivity index (χ4v) is 19.3. The van der Waals surface area contributed by atoms with Crippen molar-refractivity contribution >= 4 is 86.8 Å². The lowest BCUT2D eigenvalue weighted by molar-refractivity contribution is -0.265. The lowest BCUT2D eigenvalue weighted by Crippen LogP contribution is -2.61. The number of ketones is 2. The second-order valence-corrected chi connectivity index (χ2v) is 37.4. The number of aliphatic hydroxyl groups excluding tert-OH is 3. The van der Waals surface area contributed by atoms with Gasteiger partial charge in [-0.25, -0.2) is 39.4 Å². The van der Waals surface area contributed by atoms with E-state index in [1.54, 1.807) is 59.5 Å². The number of hydrogen-bond donors (Lipinski definition) is 7. The summed E-state index contributed by atoms with van der Waals surface area (Å²) < 4.78 is 43.6. The van der Waals surface area contributed by atoms with Crippen LogP contribution < -0.4 is 26.6 Å². The van der Waals surface area contributed by atoms with Crippen LogP contribution in [0.25, 0.3) is 33.4 Å². The molecule has 0 spiro atoms. The standard InChI is InChI=1S/C98H134N18O18/c1-58-18-14-13-15-19-59(2)80(127-10)46-74-28-21-64(7)98(126,134-74)89(122)93(124)115-34-17-16-20-76(115)94(125)132-81(61(4)42-65-24-29-77(118)82(44-65)128-11)47-78(119)60(3)41-63(6)87(121)88(129-12)85(62(5)40-58)110-131-56-73(117)27-23-67-48-102-96(103-49-67)113-36-37-114(72(55-113)54-111(8)9)97-104-50-71(51-105-97)92(123)101-33-39-130-38-32-83(120)112-35-31-68-43-66(22-25-70(68)53-112)52-116-91-84(90(99)106-57-107-91)86(109-116)69-26-30-79-75(45-69)108-95(100)133-79/h13-15,18-19,22,25-26,30,41,43,45,48-51,57-58,60-62,64-65,72,74,76-78,80-82,87-88,118-119,121,126H,16-17,20-21,23-24,27-29,31-40,42,44,46-47,52-56H2,1-12H3,(H2,100,108)(H,101,123)(H2,99,106,107)/b15-13+,18-14+,59-19+,63-41+,110-85?/t58-,60-,61-,62-,64-,65+,72-,74+,76+,77-,78-,80+,81+,82-,87-,88+,98-/m1/s1. The molecule has 4 fully saturated rings. The molecular weight excluding hydrogens is 1720 g/mol. The fourth-order valence-electron chi connectivity index (χ4n) is 19.3. The molecule has 7 aromatic rings. The van der Waals surface area contributed by atoms with Crippen LogP contribution in [0.1, 0.15) is 171 Å². The van der Waals surface area contributed by atoms with Gasteiger partial charge in [-0.3, -0.25) is 24.0 Å². The van der Waals surface area contributed by atoms with Gasteiger partial charge in [0.2, 0.25) is 23.6 Å². The molecule has 10 heterocycles. The maximum atomic E-state index is 14.8. The minimum Gasteiger partial charge on any atom is -0.460 e. The first-order valence-corrected chi connectivity index (χ1v) is 47.0. The number of aromatic nitrogens is 9. The maximum Gasteiger partial charge on any atom is 0.329 e. The van der Waals surface area contributed by atoms with Gasteiger partial charge in [0.25, 0.3) is 23.6 Å². The SMILES string of the molecule is CO[C@H]1C[C@@H]2CC[C@@H](C)[C@@](O)(O2)C(=O)C(=O)N2CCCC[C@H]2C(=O)O[C@H]([C@H](C)C[C@@H]2CC[C@@H](O)[C@H](OC)C2)C[C@@H](O)[C@H](C)/C=C(\C)[C@@H](O)[C@@H](OC)C(=NOCC(=O)CCc2cnc(N3CCN(c4ncc(C(=O)NCCOCCC(=O)N5CCc6cc(Cn7nc(-c8ccc9oc(N)nc9c8)c8c(N)ncnc87)ccc6C5)cn4)[C@H](CN(C)C)C3)nc2)[C@H](C)C[C@H](C)/C=C/C=C/C=C/1C. The molecule has 724 valence electrons. The Balaban J connectivity index is 0.592. The number of esters is 1. The smallest absolute Gasteiger partial charge is 0.329 e. The summed E-state index contributed by atoms with van der Waals surface area (Å²) in [4.78, 5) is 132. The van der Waals surface area contributed by atoms with E-state index in [2.05, 4.69) is 69.1 Å². The number of allylic oxidation sites excluding steroid dienone is 5. The molecule has 0 radical (unpaired) electrons. The van der Waals surface area contributed by atoms with Crippen LogP contribution in [-0.4, -0.2) is 289 Å². The number of methoxy groups -OCH3 is 3. The van der Waals surface area contributed by atoms with Gasteiger partial charge in [-0.15, -0.1) is 0 Å². The third kappa shape index (κ3) is 25.2. The minimum absolute atomic E-state index is 0.0204. The Labute approximate surface area is 782 Å². The lowest BCUT2D eigenvalue weighted by atomic mass is 9.78. The number of carbonyl (C=O) groups is 6. The number of aliphatic hydroxyl groups is 4. The Kier molecular flexibility index (Phi) is 34.9. The van der Waals surface area contributed by atoms with Crippen molar-refractivity contribution in [2.24, 2.45) is 40.7 Å². The Morgan fingerprint density at radius 2 is 1.56 bits per heavy atom. The van der Waals surface area contributed by atoms with E-state index in [1.165, 1.54) is 30.7 Å². The molecule has 3 amide bonds. The molecule has 17 atom stereocenters. The molecule has 3 saturated heterocycles. The number of nitrogens with two attached hydrogens (primary N) is 2. The molecule has 36 heteroatoms. The van der Waals surface area contributed by atoms with Crippen molar-refractivity contribution in [3.05, 3.63) is 143 Å². The number of likely N-dealkylation sites (N-methyl/N-ethyl adjacent to an activating group) is 1. The van der Waals surface area contributed by atoms with E-state index < -0.39 is 84.1 Å². The molecule has 9 N–H and O–H groups in total. The van der Waals surface area contributed by atoms with Gasteiger partial charge >= 0.3 is 5.97 Å². The third-order valence-electron chi connectivity index (χ3n) is 27.2. The van der Waals surface area contributed by atoms with Crippen LogP contribution in [0, 0.1) is 35.5 Å². The summed E-state index contributed by atoms with van der Waals surface area (Å²) in [5.41, 5.74) is 21.3. The van der Waals surface area contributed by atoms with Crippen molar-refractivity contribution in [3.8, 4) is 11.3 Å². The summed E-state index contributed by atoms with van der Waals surface area (Å²) in [5, 5.41) is 60.7. The number of oxime groups is 1. The molecule has 5 aliphatic heterocycles. The van der Waals surface area contributed by atoms with Gasteiger partial charge < -0.3 is 99.4 Å². The van der Waals surface area contributed by atoms with E-state index >= 15 is 0 Å². The van der Waals surface area contributed by atoms with Crippen molar-refractivity contribution < 1.29 is 86.9 Å². The first-order valence-electron chi connectivity index (χ1n) is 47.0. The fraction of sp³-hybridized carbons (Fsp3) is 0.582. The highest BCUT2D eigenvalue weighted by atomic mass is 16.6. The summed E-state index contributed by atoms with van der Waals surface area (Å²) >= 11 is 0. The first kappa shape index (κ1) is 101.